The Labute approximate surface area is 139 Å². The molecule has 0 bridgehead atoms. The molecular formula is C20H41NO. The summed E-state index contributed by atoms with van der Waals surface area (Å²) in [6.07, 6.45) is 23.5. The first-order valence-electron chi connectivity index (χ1n) is 9.90. The van der Waals surface area contributed by atoms with Crippen LogP contribution in [-0.2, 0) is 0 Å². The molecule has 0 atom stereocenters. The van der Waals surface area contributed by atoms with Gasteiger partial charge in [0.1, 0.15) is 0 Å². The summed E-state index contributed by atoms with van der Waals surface area (Å²) in [7, 11) is 0. The van der Waals surface area contributed by atoms with Gasteiger partial charge in [-0.3, -0.25) is 0 Å². The first-order valence-corrected chi connectivity index (χ1v) is 9.90. The van der Waals surface area contributed by atoms with Crippen molar-refractivity contribution in [1.82, 2.24) is 5.06 Å². The smallest absolute Gasteiger partial charge is 0.0238 e. The van der Waals surface area contributed by atoms with Crippen LogP contribution < -0.4 is 0 Å². The molecule has 1 N–H and O–H groups in total. The third kappa shape index (κ3) is 17.7. The minimum absolute atomic E-state index is 0.741. The second-order valence-corrected chi connectivity index (χ2v) is 6.48. The summed E-state index contributed by atoms with van der Waals surface area (Å²) in [4.78, 5) is 0. The number of unbranched alkanes of at least 4 members (excludes halogenated alkanes) is 12. The highest BCUT2D eigenvalue weighted by Crippen LogP contribution is 2.10. The molecule has 0 aliphatic rings. The molecule has 0 unspecified atom stereocenters. The summed E-state index contributed by atoms with van der Waals surface area (Å²) in [5, 5.41) is 10.7. The minimum atomic E-state index is 0.741. The number of nitrogens with zero attached hydrogens (tertiary/aromatic N) is 1. The van der Waals surface area contributed by atoms with E-state index in [2.05, 4.69) is 19.1 Å². The molecule has 2 nitrogen and oxygen atoms in total. The second-order valence-electron chi connectivity index (χ2n) is 6.48. The Kier molecular flexibility index (Phi) is 18.4. The zero-order chi connectivity index (χ0) is 16.3. The number of hydroxylamine groups is 2. The quantitative estimate of drug-likeness (QED) is 0.183. The van der Waals surface area contributed by atoms with Crippen LogP contribution in [0, 0.1) is 0 Å². The van der Waals surface area contributed by atoms with E-state index in [0.29, 0.717) is 0 Å². The van der Waals surface area contributed by atoms with E-state index in [-0.39, 0.29) is 0 Å². The van der Waals surface area contributed by atoms with Crippen LogP contribution in [0.15, 0.2) is 12.2 Å². The van der Waals surface area contributed by atoms with E-state index >= 15 is 0 Å². The Bertz CT molecular complexity index is 228. The van der Waals surface area contributed by atoms with E-state index in [4.69, 9.17) is 0 Å². The number of hydrogen-bond donors (Lipinski definition) is 1. The van der Waals surface area contributed by atoms with E-state index in [1.54, 1.807) is 0 Å². The van der Waals surface area contributed by atoms with Crippen molar-refractivity contribution in [2.24, 2.45) is 0 Å². The Morgan fingerprint density at radius 3 is 1.59 bits per heavy atom. The van der Waals surface area contributed by atoms with Crippen molar-refractivity contribution >= 4 is 0 Å². The summed E-state index contributed by atoms with van der Waals surface area (Å²) in [5.41, 5.74) is 0. The summed E-state index contributed by atoms with van der Waals surface area (Å²) in [6.45, 7) is 5.83. The molecule has 22 heavy (non-hydrogen) atoms. The highest BCUT2D eigenvalue weighted by atomic mass is 16.5. The maximum absolute atomic E-state index is 9.30. The summed E-state index contributed by atoms with van der Waals surface area (Å²) in [5.74, 6) is 0. The lowest BCUT2D eigenvalue weighted by molar-refractivity contribution is -0.0869. The Balaban J connectivity index is 3.08. The maximum Gasteiger partial charge on any atom is 0.0238 e. The van der Waals surface area contributed by atoms with Gasteiger partial charge in [0, 0.05) is 13.1 Å². The molecule has 0 aromatic carbocycles. The van der Waals surface area contributed by atoms with Crippen LogP contribution in [-0.4, -0.2) is 23.4 Å². The van der Waals surface area contributed by atoms with Crippen molar-refractivity contribution in [1.29, 1.82) is 0 Å². The monoisotopic (exact) mass is 311 g/mol. The zero-order valence-electron chi connectivity index (χ0n) is 15.4. The average Bonchev–Trinajstić information content (AvgIpc) is 2.54. The number of allylic oxidation sites excluding steroid dienone is 2. The van der Waals surface area contributed by atoms with E-state index in [1.807, 2.05) is 6.92 Å². The van der Waals surface area contributed by atoms with Crippen molar-refractivity contribution in [2.45, 2.75) is 104 Å². The normalized spacial score (nSPS) is 11.8. The molecule has 0 amide bonds. The van der Waals surface area contributed by atoms with Gasteiger partial charge in [0.15, 0.2) is 0 Å². The fraction of sp³-hybridized carbons (Fsp3) is 0.900. The van der Waals surface area contributed by atoms with Gasteiger partial charge in [0.2, 0.25) is 0 Å². The summed E-state index contributed by atoms with van der Waals surface area (Å²) in [6, 6.07) is 0. The van der Waals surface area contributed by atoms with Gasteiger partial charge in [0.25, 0.3) is 0 Å². The molecule has 0 radical (unpaired) electrons. The molecule has 0 saturated heterocycles. The third-order valence-corrected chi connectivity index (χ3v) is 4.29. The Hall–Kier alpha value is -0.340. The van der Waals surface area contributed by atoms with Crippen LogP contribution in [0.25, 0.3) is 0 Å². The van der Waals surface area contributed by atoms with Crippen LogP contribution in [0.1, 0.15) is 104 Å². The fourth-order valence-electron chi connectivity index (χ4n) is 2.70. The molecule has 0 heterocycles. The predicted molar refractivity (Wildman–Crippen MR) is 98.5 cm³/mol. The first-order chi connectivity index (χ1) is 10.8. The van der Waals surface area contributed by atoms with Gasteiger partial charge in [-0.15, -0.1) is 0 Å². The molecule has 0 aliphatic carbocycles. The molecule has 0 aromatic heterocycles. The molecule has 0 fully saturated rings. The van der Waals surface area contributed by atoms with Gasteiger partial charge < -0.3 is 5.21 Å². The topological polar surface area (TPSA) is 23.5 Å². The lowest BCUT2D eigenvalue weighted by Gasteiger charge is -2.10. The standard InChI is InChI=1S/C20H41NO/c1-3-5-6-7-8-9-10-11-12-13-14-15-16-17-18-19-20-21(22)4-2/h11-12,22H,3-10,13-20H2,1-2H3. The summed E-state index contributed by atoms with van der Waals surface area (Å²) < 4.78 is 0. The van der Waals surface area contributed by atoms with Crippen molar-refractivity contribution in [3.63, 3.8) is 0 Å². The summed E-state index contributed by atoms with van der Waals surface area (Å²) >= 11 is 0. The molecule has 0 saturated carbocycles. The van der Waals surface area contributed by atoms with E-state index in [1.165, 1.54) is 88.5 Å². The Morgan fingerprint density at radius 2 is 1.09 bits per heavy atom. The van der Waals surface area contributed by atoms with Gasteiger partial charge in [0.05, 0.1) is 0 Å². The largest absolute Gasteiger partial charge is 0.314 e. The van der Waals surface area contributed by atoms with E-state index in [0.717, 1.165) is 19.5 Å². The zero-order valence-corrected chi connectivity index (χ0v) is 15.4. The van der Waals surface area contributed by atoms with Crippen LogP contribution >= 0.6 is 0 Å². The molecule has 0 aliphatic heterocycles. The first kappa shape index (κ1) is 21.7. The lowest BCUT2D eigenvalue weighted by Crippen LogP contribution is -2.19. The van der Waals surface area contributed by atoms with Gasteiger partial charge in [-0.25, -0.2) is 0 Å². The van der Waals surface area contributed by atoms with Gasteiger partial charge in [-0.2, -0.15) is 5.06 Å². The van der Waals surface area contributed by atoms with Crippen LogP contribution in [0.5, 0.6) is 0 Å². The van der Waals surface area contributed by atoms with Crippen molar-refractivity contribution < 1.29 is 5.21 Å². The second kappa shape index (κ2) is 18.7. The van der Waals surface area contributed by atoms with E-state index < -0.39 is 0 Å². The van der Waals surface area contributed by atoms with Crippen molar-refractivity contribution in [3.05, 3.63) is 12.2 Å². The Morgan fingerprint density at radius 1 is 0.636 bits per heavy atom. The van der Waals surface area contributed by atoms with E-state index in [9.17, 15) is 5.21 Å². The molecule has 0 aromatic rings. The highest BCUT2D eigenvalue weighted by molar-refractivity contribution is 4.81. The predicted octanol–water partition coefficient (Wildman–Crippen LogP) is 6.74. The maximum atomic E-state index is 9.30. The average molecular weight is 312 g/mol. The van der Waals surface area contributed by atoms with Crippen LogP contribution in [0.4, 0.5) is 0 Å². The van der Waals surface area contributed by atoms with Crippen molar-refractivity contribution in [2.75, 3.05) is 13.1 Å². The van der Waals surface area contributed by atoms with Gasteiger partial charge in [-0.05, 0) is 32.1 Å². The lowest BCUT2D eigenvalue weighted by atomic mass is 10.1. The number of hydrogen-bond acceptors (Lipinski definition) is 2. The van der Waals surface area contributed by atoms with Crippen LogP contribution in [0.2, 0.25) is 0 Å². The van der Waals surface area contributed by atoms with Gasteiger partial charge in [-0.1, -0.05) is 83.8 Å². The molecular weight excluding hydrogens is 270 g/mol. The minimum Gasteiger partial charge on any atom is -0.314 e. The molecule has 132 valence electrons. The molecule has 2 heteroatoms. The van der Waals surface area contributed by atoms with Crippen molar-refractivity contribution in [3.8, 4) is 0 Å². The van der Waals surface area contributed by atoms with Gasteiger partial charge >= 0.3 is 0 Å². The molecule has 0 rings (SSSR count). The van der Waals surface area contributed by atoms with Crippen LogP contribution in [0.3, 0.4) is 0 Å². The number of rotatable bonds is 17. The fourth-order valence-corrected chi connectivity index (χ4v) is 2.70. The highest BCUT2D eigenvalue weighted by Gasteiger charge is 1.96. The molecule has 0 spiro atoms. The SMILES string of the molecule is CCCCCCCCC=CCCCCCCCCN(O)CC. The third-order valence-electron chi connectivity index (χ3n) is 4.29.